The Morgan fingerprint density at radius 1 is 1.50 bits per heavy atom. The van der Waals surface area contributed by atoms with Crippen LogP contribution in [0, 0.1) is 5.92 Å². The molecule has 3 nitrogen and oxygen atoms in total. The number of fused-ring (bicyclic) bond motifs is 1. The standard InChI is InChI=1S/C12H14ClN3S2/c1-7(2)6-14-11(17)16-12-15-10-8(13)4-3-5-9(10)18-12/h3-5,7H,6H2,1-2H3,(H2,14,15,16,17). The Hall–Kier alpha value is -0.910. The van der Waals surface area contributed by atoms with Crippen molar-refractivity contribution in [3.8, 4) is 0 Å². The minimum absolute atomic E-state index is 0.551. The summed E-state index contributed by atoms with van der Waals surface area (Å²) in [7, 11) is 0. The van der Waals surface area contributed by atoms with Gasteiger partial charge in [-0.2, -0.15) is 0 Å². The number of rotatable bonds is 3. The number of benzene rings is 1. The lowest BCUT2D eigenvalue weighted by molar-refractivity contribution is 0.627. The largest absolute Gasteiger partial charge is 0.362 e. The van der Waals surface area contributed by atoms with Gasteiger partial charge in [0.2, 0.25) is 0 Å². The first kappa shape index (κ1) is 13.5. The van der Waals surface area contributed by atoms with Gasteiger partial charge in [-0.1, -0.05) is 42.9 Å². The van der Waals surface area contributed by atoms with E-state index in [1.54, 1.807) is 0 Å². The van der Waals surface area contributed by atoms with Gasteiger partial charge in [-0.15, -0.1) is 0 Å². The van der Waals surface area contributed by atoms with E-state index in [0.29, 0.717) is 16.1 Å². The number of para-hydroxylation sites is 1. The minimum atomic E-state index is 0.551. The fourth-order valence-corrected chi connectivity index (χ4v) is 2.82. The van der Waals surface area contributed by atoms with Crippen molar-refractivity contribution in [1.82, 2.24) is 10.3 Å². The van der Waals surface area contributed by atoms with Crippen LogP contribution >= 0.6 is 35.2 Å². The summed E-state index contributed by atoms with van der Waals surface area (Å²) in [6, 6.07) is 5.75. The fraction of sp³-hybridized carbons (Fsp3) is 0.333. The number of nitrogens with zero attached hydrogens (tertiary/aromatic N) is 1. The van der Waals surface area contributed by atoms with Crippen molar-refractivity contribution in [2.75, 3.05) is 11.9 Å². The van der Waals surface area contributed by atoms with Gasteiger partial charge >= 0.3 is 0 Å². The third-order valence-corrected chi connectivity index (χ3v) is 3.75. The second-order valence-corrected chi connectivity index (χ2v) is 6.18. The van der Waals surface area contributed by atoms with Crippen LogP contribution in [-0.2, 0) is 0 Å². The lowest BCUT2D eigenvalue weighted by atomic mass is 10.2. The zero-order chi connectivity index (χ0) is 13.1. The van der Waals surface area contributed by atoms with Gasteiger partial charge in [0, 0.05) is 6.54 Å². The molecular weight excluding hydrogens is 286 g/mol. The molecule has 2 rings (SSSR count). The molecule has 0 fully saturated rings. The summed E-state index contributed by atoms with van der Waals surface area (Å²) in [5, 5.41) is 8.25. The molecule has 6 heteroatoms. The van der Waals surface area contributed by atoms with E-state index < -0.39 is 0 Å². The van der Waals surface area contributed by atoms with Crippen molar-refractivity contribution in [2.24, 2.45) is 5.92 Å². The summed E-state index contributed by atoms with van der Waals surface area (Å²) in [6.07, 6.45) is 0. The molecule has 1 aromatic carbocycles. The average molecular weight is 300 g/mol. The Balaban J connectivity index is 2.08. The number of hydrogen-bond acceptors (Lipinski definition) is 3. The third kappa shape index (κ3) is 3.31. The Bertz CT molecular complexity index is 565. The molecule has 0 spiro atoms. The maximum Gasteiger partial charge on any atom is 0.190 e. The van der Waals surface area contributed by atoms with E-state index in [0.717, 1.165) is 21.9 Å². The Labute approximate surface area is 121 Å². The highest BCUT2D eigenvalue weighted by Gasteiger charge is 2.07. The second kappa shape index (κ2) is 5.82. The van der Waals surface area contributed by atoms with Crippen LogP contribution in [0.25, 0.3) is 10.2 Å². The summed E-state index contributed by atoms with van der Waals surface area (Å²) in [5.74, 6) is 0.551. The summed E-state index contributed by atoms with van der Waals surface area (Å²) < 4.78 is 1.05. The van der Waals surface area contributed by atoms with Gasteiger partial charge in [-0.25, -0.2) is 4.98 Å². The highest BCUT2D eigenvalue weighted by atomic mass is 35.5. The zero-order valence-corrected chi connectivity index (χ0v) is 12.5. The van der Waals surface area contributed by atoms with Crippen LogP contribution in [0.5, 0.6) is 0 Å². The van der Waals surface area contributed by atoms with E-state index in [4.69, 9.17) is 23.8 Å². The molecule has 0 bridgehead atoms. The first-order chi connectivity index (χ1) is 8.56. The fourth-order valence-electron chi connectivity index (χ4n) is 1.41. The van der Waals surface area contributed by atoms with Gasteiger partial charge in [-0.05, 0) is 30.3 Å². The molecule has 18 heavy (non-hydrogen) atoms. The molecule has 0 aliphatic carbocycles. The maximum atomic E-state index is 6.08. The van der Waals surface area contributed by atoms with Crippen molar-refractivity contribution in [1.29, 1.82) is 0 Å². The van der Waals surface area contributed by atoms with Crippen LogP contribution in [-0.4, -0.2) is 16.6 Å². The number of hydrogen-bond donors (Lipinski definition) is 2. The predicted octanol–water partition coefficient (Wildman–Crippen LogP) is 3.89. The Morgan fingerprint density at radius 2 is 2.28 bits per heavy atom. The van der Waals surface area contributed by atoms with Gasteiger partial charge in [-0.3, -0.25) is 0 Å². The molecule has 0 saturated carbocycles. The molecule has 0 aliphatic rings. The molecule has 2 aromatic rings. The smallest absolute Gasteiger partial charge is 0.190 e. The summed E-state index contributed by atoms with van der Waals surface area (Å²) in [5.41, 5.74) is 0.818. The van der Waals surface area contributed by atoms with E-state index in [1.807, 2.05) is 18.2 Å². The van der Waals surface area contributed by atoms with Gasteiger partial charge in [0.05, 0.1) is 9.72 Å². The van der Waals surface area contributed by atoms with Gasteiger partial charge in [0.25, 0.3) is 0 Å². The molecule has 2 N–H and O–H groups in total. The molecule has 1 heterocycles. The quantitative estimate of drug-likeness (QED) is 0.843. The van der Waals surface area contributed by atoms with Crippen LogP contribution in [0.3, 0.4) is 0 Å². The maximum absolute atomic E-state index is 6.08. The van der Waals surface area contributed by atoms with Crippen LogP contribution < -0.4 is 10.6 Å². The van der Waals surface area contributed by atoms with Crippen LogP contribution in [0.15, 0.2) is 18.2 Å². The number of aromatic nitrogens is 1. The van der Waals surface area contributed by atoms with E-state index in [1.165, 1.54) is 11.3 Å². The number of anilines is 1. The van der Waals surface area contributed by atoms with Crippen LogP contribution in [0.2, 0.25) is 5.02 Å². The van der Waals surface area contributed by atoms with E-state index in [9.17, 15) is 0 Å². The Morgan fingerprint density at radius 3 is 2.94 bits per heavy atom. The monoisotopic (exact) mass is 299 g/mol. The molecule has 0 unspecified atom stereocenters. The van der Waals surface area contributed by atoms with Crippen molar-refractivity contribution in [2.45, 2.75) is 13.8 Å². The number of halogens is 1. The summed E-state index contributed by atoms with van der Waals surface area (Å²) in [6.45, 7) is 5.11. The Kier molecular flexibility index (Phi) is 4.37. The van der Waals surface area contributed by atoms with E-state index >= 15 is 0 Å². The first-order valence-corrected chi connectivity index (χ1v) is 7.26. The van der Waals surface area contributed by atoms with Crippen LogP contribution in [0.4, 0.5) is 5.13 Å². The molecule has 0 saturated heterocycles. The lowest BCUT2D eigenvalue weighted by Gasteiger charge is -2.09. The highest BCUT2D eigenvalue weighted by Crippen LogP contribution is 2.30. The SMILES string of the molecule is CC(C)CNC(=S)Nc1nc2c(Cl)cccc2s1. The normalized spacial score (nSPS) is 10.9. The van der Waals surface area contributed by atoms with Crippen molar-refractivity contribution >= 4 is 55.6 Å². The summed E-state index contributed by atoms with van der Waals surface area (Å²) in [4.78, 5) is 4.43. The number of thiazole rings is 1. The average Bonchev–Trinajstić information content (AvgIpc) is 2.70. The van der Waals surface area contributed by atoms with E-state index in [-0.39, 0.29) is 0 Å². The van der Waals surface area contributed by atoms with Gasteiger partial charge in [0.15, 0.2) is 10.2 Å². The second-order valence-electron chi connectivity index (χ2n) is 4.33. The van der Waals surface area contributed by atoms with Crippen molar-refractivity contribution < 1.29 is 0 Å². The highest BCUT2D eigenvalue weighted by molar-refractivity contribution is 7.80. The van der Waals surface area contributed by atoms with Gasteiger partial charge in [0.1, 0.15) is 5.52 Å². The molecule has 1 aromatic heterocycles. The molecule has 0 atom stereocenters. The number of thiocarbonyl (C=S) groups is 1. The van der Waals surface area contributed by atoms with Gasteiger partial charge < -0.3 is 10.6 Å². The van der Waals surface area contributed by atoms with E-state index in [2.05, 4.69) is 29.5 Å². The number of nitrogens with one attached hydrogen (secondary N) is 2. The molecule has 0 radical (unpaired) electrons. The molecule has 0 aliphatic heterocycles. The third-order valence-electron chi connectivity index (χ3n) is 2.26. The van der Waals surface area contributed by atoms with Crippen LogP contribution in [0.1, 0.15) is 13.8 Å². The topological polar surface area (TPSA) is 37.0 Å². The predicted molar refractivity (Wildman–Crippen MR) is 83.7 cm³/mol. The minimum Gasteiger partial charge on any atom is -0.362 e. The van der Waals surface area contributed by atoms with Crippen molar-refractivity contribution in [3.05, 3.63) is 23.2 Å². The lowest BCUT2D eigenvalue weighted by Crippen LogP contribution is -2.31. The summed E-state index contributed by atoms with van der Waals surface area (Å²) >= 11 is 12.8. The zero-order valence-electron chi connectivity index (χ0n) is 10.2. The molecule has 96 valence electrons. The molecule has 0 amide bonds. The molecular formula is C12H14ClN3S2. The first-order valence-electron chi connectivity index (χ1n) is 5.66. The van der Waals surface area contributed by atoms with Crippen molar-refractivity contribution in [3.63, 3.8) is 0 Å².